The molecule has 2 aliphatic heterocycles. The SMILES string of the molecule is FC1=NC(c2c3ccccc3c(C3=NC(F)C(F)=C(F)N3)c3cc4c(cc23)-c2cccc3c2C4CC2C=CC=CC32)NC(F)=C1F. The molecule has 4 aromatic rings. The molecular formula is C36H22F6N4. The summed E-state index contributed by atoms with van der Waals surface area (Å²) in [5.41, 5.74) is 5.96. The number of benzene rings is 4. The lowest BCUT2D eigenvalue weighted by molar-refractivity contribution is 0.309. The van der Waals surface area contributed by atoms with Crippen molar-refractivity contribution in [2.45, 2.75) is 30.7 Å². The van der Waals surface area contributed by atoms with Crippen LogP contribution in [0.25, 0.3) is 32.7 Å². The Morgan fingerprint density at radius 2 is 1.52 bits per heavy atom. The van der Waals surface area contributed by atoms with Gasteiger partial charge in [-0.3, -0.25) is 0 Å². The number of amidine groups is 1. The minimum atomic E-state index is -2.56. The van der Waals surface area contributed by atoms with Crippen LogP contribution < -0.4 is 10.6 Å². The monoisotopic (exact) mass is 624 g/mol. The smallest absolute Gasteiger partial charge is 0.251 e. The second kappa shape index (κ2) is 9.69. The summed E-state index contributed by atoms with van der Waals surface area (Å²) in [6.45, 7) is 0. The van der Waals surface area contributed by atoms with E-state index in [1.807, 2.05) is 24.3 Å². The molecule has 0 spiro atoms. The zero-order chi connectivity index (χ0) is 31.4. The van der Waals surface area contributed by atoms with Crippen molar-refractivity contribution in [3.8, 4) is 11.1 Å². The van der Waals surface area contributed by atoms with Gasteiger partial charge in [-0.1, -0.05) is 66.8 Å². The molecule has 2 N–H and O–H groups in total. The van der Waals surface area contributed by atoms with Crippen LogP contribution in [-0.4, -0.2) is 18.1 Å². The Kier molecular flexibility index (Phi) is 5.73. The third-order valence-corrected chi connectivity index (χ3v) is 9.79. The van der Waals surface area contributed by atoms with Crippen LogP contribution in [0, 0.1) is 5.92 Å². The Balaban J connectivity index is 1.38. The van der Waals surface area contributed by atoms with E-state index in [4.69, 9.17) is 0 Å². The highest BCUT2D eigenvalue weighted by Crippen LogP contribution is 2.57. The second-order valence-corrected chi connectivity index (χ2v) is 12.1. The molecule has 46 heavy (non-hydrogen) atoms. The van der Waals surface area contributed by atoms with Gasteiger partial charge >= 0.3 is 0 Å². The number of rotatable bonds is 2. The first kappa shape index (κ1) is 27.2. The van der Waals surface area contributed by atoms with E-state index in [0.717, 1.165) is 23.1 Å². The molecule has 5 aliphatic rings. The minimum Gasteiger partial charge on any atom is -0.334 e. The van der Waals surface area contributed by atoms with Gasteiger partial charge in [0.15, 0.2) is 6.17 Å². The van der Waals surface area contributed by atoms with Crippen LogP contribution in [0.4, 0.5) is 26.3 Å². The maximum atomic E-state index is 14.7. The number of hydrogen-bond donors (Lipinski definition) is 2. The van der Waals surface area contributed by atoms with Crippen LogP contribution in [0.2, 0.25) is 0 Å². The predicted octanol–water partition coefficient (Wildman–Crippen LogP) is 9.17. The Morgan fingerprint density at radius 3 is 2.33 bits per heavy atom. The topological polar surface area (TPSA) is 48.8 Å². The van der Waals surface area contributed by atoms with E-state index in [2.05, 4.69) is 51.0 Å². The standard InChI is InChI=1S/C36H22F6N4/c37-29-31(39)43-35(44-32(29)40)27-18-8-3-4-9-19(18)28(36-45-33(41)30(38)34(42)46-36)25-14-22-21(13-24(25)27)20-11-5-10-17-16-7-2-1-6-15(16)12-23(22)26(17)20/h1-11,13-16,23,33,35,43H,12H2,(H,45,46). The maximum Gasteiger partial charge on any atom is 0.251 e. The Labute approximate surface area is 258 Å². The van der Waals surface area contributed by atoms with Gasteiger partial charge < -0.3 is 10.6 Å². The van der Waals surface area contributed by atoms with Crippen LogP contribution in [-0.2, 0) is 0 Å². The van der Waals surface area contributed by atoms with Crippen molar-refractivity contribution >= 4 is 33.3 Å². The van der Waals surface area contributed by atoms with Crippen LogP contribution in [0.1, 0.15) is 52.2 Å². The molecule has 0 radical (unpaired) electrons. The highest BCUT2D eigenvalue weighted by molar-refractivity contribution is 6.23. The molecule has 4 aromatic carbocycles. The van der Waals surface area contributed by atoms with Gasteiger partial charge in [-0.15, -0.1) is 0 Å². The molecule has 0 saturated carbocycles. The van der Waals surface area contributed by atoms with Crippen LogP contribution in [0.5, 0.6) is 0 Å². The van der Waals surface area contributed by atoms with E-state index in [0.29, 0.717) is 27.1 Å². The fourth-order valence-electron chi connectivity index (χ4n) is 7.94. The molecule has 0 saturated heterocycles. The van der Waals surface area contributed by atoms with Crippen LogP contribution in [0.15, 0.2) is 112 Å². The van der Waals surface area contributed by atoms with E-state index in [1.54, 1.807) is 24.3 Å². The number of halogens is 6. The zero-order valence-electron chi connectivity index (χ0n) is 23.8. The summed E-state index contributed by atoms with van der Waals surface area (Å²) in [5.74, 6) is -7.71. The fraction of sp³-hybridized carbons (Fsp3) is 0.167. The molecule has 10 heteroatoms. The lowest BCUT2D eigenvalue weighted by atomic mass is 9.68. The van der Waals surface area contributed by atoms with Crippen molar-refractivity contribution in [2.75, 3.05) is 0 Å². The number of nitrogens with zero attached hydrogens (tertiary/aromatic N) is 2. The molecule has 5 atom stereocenters. The van der Waals surface area contributed by atoms with Crippen molar-refractivity contribution in [1.29, 1.82) is 0 Å². The molecule has 228 valence electrons. The molecule has 0 fully saturated rings. The fourth-order valence-corrected chi connectivity index (χ4v) is 7.94. The summed E-state index contributed by atoms with van der Waals surface area (Å²) >= 11 is 0. The molecule has 0 aromatic heterocycles. The molecular weight excluding hydrogens is 602 g/mol. The third kappa shape index (κ3) is 3.69. The average Bonchev–Trinajstić information content (AvgIpc) is 3.36. The second-order valence-electron chi connectivity index (χ2n) is 12.1. The van der Waals surface area contributed by atoms with E-state index in [1.165, 1.54) is 11.1 Å². The highest BCUT2D eigenvalue weighted by atomic mass is 19.2. The van der Waals surface area contributed by atoms with E-state index in [9.17, 15) is 26.3 Å². The number of fused-ring (bicyclic) bond motifs is 7. The van der Waals surface area contributed by atoms with Gasteiger partial charge in [-0.05, 0) is 73.8 Å². The van der Waals surface area contributed by atoms with Crippen LogP contribution >= 0.6 is 0 Å². The van der Waals surface area contributed by atoms with E-state index < -0.39 is 42.0 Å². The summed E-state index contributed by atoms with van der Waals surface area (Å²) in [4.78, 5) is 7.67. The first-order valence-corrected chi connectivity index (χ1v) is 14.9. The normalized spacial score (nSPS) is 26.0. The number of aliphatic imine (C=N–C) groups is 2. The van der Waals surface area contributed by atoms with Crippen molar-refractivity contribution in [3.05, 3.63) is 130 Å². The molecule has 0 amide bonds. The number of alkyl halides is 1. The van der Waals surface area contributed by atoms with Crippen molar-refractivity contribution < 1.29 is 26.3 Å². The zero-order valence-corrected chi connectivity index (χ0v) is 23.8. The summed E-state index contributed by atoms with van der Waals surface area (Å²) in [5, 5.41) is 6.42. The largest absolute Gasteiger partial charge is 0.334 e. The molecule has 5 unspecified atom stereocenters. The van der Waals surface area contributed by atoms with E-state index in [-0.39, 0.29) is 29.2 Å². The van der Waals surface area contributed by atoms with Gasteiger partial charge in [-0.25, -0.2) is 18.8 Å². The Hall–Kier alpha value is -5.12. The maximum absolute atomic E-state index is 14.7. The van der Waals surface area contributed by atoms with Gasteiger partial charge in [0.2, 0.25) is 29.9 Å². The summed E-state index contributed by atoms with van der Waals surface area (Å²) < 4.78 is 86.9. The molecule has 4 nitrogen and oxygen atoms in total. The summed E-state index contributed by atoms with van der Waals surface area (Å²) in [6.07, 6.45) is 5.42. The van der Waals surface area contributed by atoms with Gasteiger partial charge in [-0.2, -0.15) is 17.6 Å². The van der Waals surface area contributed by atoms with Crippen LogP contribution in [0.3, 0.4) is 0 Å². The molecule has 3 aliphatic carbocycles. The minimum absolute atomic E-state index is 0.00719. The molecule has 2 heterocycles. The summed E-state index contributed by atoms with van der Waals surface area (Å²) in [6, 6.07) is 16.8. The number of allylic oxidation sites excluding steroid dienone is 5. The summed E-state index contributed by atoms with van der Waals surface area (Å²) in [7, 11) is 0. The Morgan fingerprint density at radius 1 is 0.717 bits per heavy atom. The number of nitrogens with one attached hydrogen (secondary N) is 2. The van der Waals surface area contributed by atoms with Crippen molar-refractivity contribution in [2.24, 2.45) is 15.9 Å². The average molecular weight is 625 g/mol. The van der Waals surface area contributed by atoms with Gasteiger partial charge in [0, 0.05) is 23.0 Å². The quantitative estimate of drug-likeness (QED) is 0.133. The van der Waals surface area contributed by atoms with Crippen molar-refractivity contribution in [3.63, 3.8) is 0 Å². The first-order chi connectivity index (χ1) is 22.3. The molecule has 0 bridgehead atoms. The Bertz CT molecular complexity index is 2250. The predicted molar refractivity (Wildman–Crippen MR) is 165 cm³/mol. The first-order valence-electron chi connectivity index (χ1n) is 14.9. The highest BCUT2D eigenvalue weighted by Gasteiger charge is 2.41. The lowest BCUT2D eigenvalue weighted by Crippen LogP contribution is -2.30. The third-order valence-electron chi connectivity index (χ3n) is 9.79. The number of hydrogen-bond acceptors (Lipinski definition) is 4. The van der Waals surface area contributed by atoms with Crippen molar-refractivity contribution in [1.82, 2.24) is 10.6 Å². The lowest BCUT2D eigenvalue weighted by Gasteiger charge is -2.35. The van der Waals surface area contributed by atoms with Gasteiger partial charge in [0.05, 0.1) is 0 Å². The van der Waals surface area contributed by atoms with Gasteiger partial charge in [0.25, 0.3) is 5.97 Å². The van der Waals surface area contributed by atoms with E-state index >= 15 is 0 Å². The molecule has 9 rings (SSSR count). The van der Waals surface area contributed by atoms with Gasteiger partial charge in [0.1, 0.15) is 5.84 Å².